The molecule has 1 aromatic rings. The van der Waals surface area contributed by atoms with E-state index < -0.39 is 6.29 Å². The van der Waals surface area contributed by atoms with E-state index in [0.29, 0.717) is 11.3 Å². The van der Waals surface area contributed by atoms with Crippen LogP contribution >= 0.6 is 0 Å². The van der Waals surface area contributed by atoms with Crippen molar-refractivity contribution in [3.8, 4) is 5.75 Å². The molecule has 0 saturated heterocycles. The standard InChI is InChI=1S/C19H30O4/c1-5-7-9-14-11-16(17(20)13-18(22-3)23-4)12-15(19(14)21)10-8-6-2/h11-12,18,21H,5-10,13H2,1-4H3. The summed E-state index contributed by atoms with van der Waals surface area (Å²) in [6.45, 7) is 4.23. The Morgan fingerprint density at radius 2 is 1.52 bits per heavy atom. The van der Waals surface area contributed by atoms with Gasteiger partial charge < -0.3 is 14.6 Å². The van der Waals surface area contributed by atoms with Gasteiger partial charge in [-0.2, -0.15) is 0 Å². The lowest BCUT2D eigenvalue weighted by Gasteiger charge is -2.15. The van der Waals surface area contributed by atoms with E-state index in [1.54, 1.807) is 0 Å². The topological polar surface area (TPSA) is 55.8 Å². The van der Waals surface area contributed by atoms with Crippen molar-refractivity contribution in [1.29, 1.82) is 0 Å². The third kappa shape index (κ3) is 5.96. The zero-order valence-electron chi connectivity index (χ0n) is 14.9. The predicted octanol–water partition coefficient (Wildman–Crippen LogP) is 4.27. The highest BCUT2D eigenvalue weighted by atomic mass is 16.7. The summed E-state index contributed by atoms with van der Waals surface area (Å²) < 4.78 is 10.2. The molecule has 0 atom stereocenters. The fraction of sp³-hybridized carbons (Fsp3) is 0.632. The molecule has 4 nitrogen and oxygen atoms in total. The van der Waals surface area contributed by atoms with E-state index >= 15 is 0 Å². The second kappa shape index (κ2) is 10.4. The highest BCUT2D eigenvalue weighted by Gasteiger charge is 2.17. The summed E-state index contributed by atoms with van der Waals surface area (Å²) in [6.07, 6.45) is 5.33. The number of phenolic OH excluding ortho intramolecular Hbond substituents is 1. The Morgan fingerprint density at radius 1 is 1.04 bits per heavy atom. The summed E-state index contributed by atoms with van der Waals surface area (Å²) in [6, 6.07) is 3.65. The fourth-order valence-corrected chi connectivity index (χ4v) is 2.57. The molecule has 1 rings (SSSR count). The van der Waals surface area contributed by atoms with Gasteiger partial charge in [0, 0.05) is 19.8 Å². The van der Waals surface area contributed by atoms with Gasteiger partial charge in [0.15, 0.2) is 12.1 Å². The van der Waals surface area contributed by atoms with Crippen molar-refractivity contribution in [2.45, 2.75) is 65.1 Å². The lowest BCUT2D eigenvalue weighted by Crippen LogP contribution is -2.18. The number of methoxy groups -OCH3 is 2. The average Bonchev–Trinajstić information content (AvgIpc) is 2.57. The second-order valence-corrected chi connectivity index (χ2v) is 5.88. The molecule has 1 aromatic carbocycles. The number of Topliss-reactive ketones (excluding diaryl/α,β-unsaturated/α-hetero) is 1. The van der Waals surface area contributed by atoms with Crippen LogP contribution in [0, 0.1) is 0 Å². The molecular weight excluding hydrogens is 292 g/mol. The van der Waals surface area contributed by atoms with Crippen molar-refractivity contribution in [3.63, 3.8) is 0 Å². The molecule has 0 bridgehead atoms. The van der Waals surface area contributed by atoms with Crippen molar-refractivity contribution < 1.29 is 19.4 Å². The first-order valence-electron chi connectivity index (χ1n) is 8.50. The molecule has 130 valence electrons. The molecule has 0 aliphatic rings. The summed E-state index contributed by atoms with van der Waals surface area (Å²) >= 11 is 0. The first kappa shape index (κ1) is 19.7. The molecule has 0 heterocycles. The molecule has 0 aromatic heterocycles. The van der Waals surface area contributed by atoms with Crippen LogP contribution in [0.2, 0.25) is 0 Å². The largest absolute Gasteiger partial charge is 0.507 e. The van der Waals surface area contributed by atoms with Crippen LogP contribution in [0.25, 0.3) is 0 Å². The highest BCUT2D eigenvalue weighted by Crippen LogP contribution is 2.28. The van der Waals surface area contributed by atoms with Gasteiger partial charge in [0.05, 0.1) is 6.42 Å². The number of hydrogen-bond acceptors (Lipinski definition) is 4. The monoisotopic (exact) mass is 322 g/mol. The van der Waals surface area contributed by atoms with Crippen LogP contribution in [0.1, 0.15) is 67.4 Å². The number of ketones is 1. The molecule has 0 saturated carbocycles. The van der Waals surface area contributed by atoms with Crippen molar-refractivity contribution in [3.05, 3.63) is 28.8 Å². The molecule has 0 aliphatic heterocycles. The van der Waals surface area contributed by atoms with Gasteiger partial charge in [-0.3, -0.25) is 4.79 Å². The van der Waals surface area contributed by atoms with Crippen LogP contribution in [0.5, 0.6) is 5.75 Å². The maximum absolute atomic E-state index is 12.5. The third-order valence-corrected chi connectivity index (χ3v) is 4.07. The van der Waals surface area contributed by atoms with Crippen LogP contribution in [-0.4, -0.2) is 31.4 Å². The Bertz CT molecular complexity index is 463. The van der Waals surface area contributed by atoms with Gasteiger partial charge >= 0.3 is 0 Å². The summed E-state index contributed by atoms with van der Waals surface area (Å²) in [5.41, 5.74) is 2.38. The Hall–Kier alpha value is -1.39. The van der Waals surface area contributed by atoms with E-state index in [2.05, 4.69) is 13.8 Å². The van der Waals surface area contributed by atoms with E-state index in [1.807, 2.05) is 12.1 Å². The van der Waals surface area contributed by atoms with Gasteiger partial charge in [0.1, 0.15) is 5.75 Å². The molecule has 23 heavy (non-hydrogen) atoms. The maximum Gasteiger partial charge on any atom is 0.167 e. The Kier molecular flexibility index (Phi) is 8.89. The number of hydrogen-bond donors (Lipinski definition) is 1. The average molecular weight is 322 g/mol. The molecule has 0 fully saturated rings. The van der Waals surface area contributed by atoms with Crippen LogP contribution in [-0.2, 0) is 22.3 Å². The third-order valence-electron chi connectivity index (χ3n) is 4.07. The Morgan fingerprint density at radius 3 is 1.91 bits per heavy atom. The number of unbranched alkanes of at least 4 members (excludes halogenated alkanes) is 2. The first-order valence-corrected chi connectivity index (χ1v) is 8.50. The van der Waals surface area contributed by atoms with Gasteiger partial charge in [0.2, 0.25) is 0 Å². The number of rotatable bonds is 11. The number of aromatic hydroxyl groups is 1. The van der Waals surface area contributed by atoms with E-state index in [4.69, 9.17) is 9.47 Å². The lowest BCUT2D eigenvalue weighted by atomic mass is 9.94. The molecular formula is C19H30O4. The summed E-state index contributed by atoms with van der Waals surface area (Å²) in [7, 11) is 3.05. The minimum Gasteiger partial charge on any atom is -0.507 e. The predicted molar refractivity (Wildman–Crippen MR) is 92.1 cm³/mol. The molecule has 0 radical (unpaired) electrons. The van der Waals surface area contributed by atoms with E-state index in [-0.39, 0.29) is 12.2 Å². The number of benzene rings is 1. The summed E-state index contributed by atoms with van der Waals surface area (Å²) in [5, 5.41) is 10.5. The van der Waals surface area contributed by atoms with Gasteiger partial charge in [-0.05, 0) is 48.9 Å². The summed E-state index contributed by atoms with van der Waals surface area (Å²) in [4.78, 5) is 12.5. The second-order valence-electron chi connectivity index (χ2n) is 5.88. The normalized spacial score (nSPS) is 11.2. The molecule has 4 heteroatoms. The number of phenols is 1. The maximum atomic E-state index is 12.5. The fourth-order valence-electron chi connectivity index (χ4n) is 2.57. The number of carbonyl (C=O) groups excluding carboxylic acids is 1. The Balaban J connectivity index is 3.06. The molecule has 0 spiro atoms. The smallest absolute Gasteiger partial charge is 0.167 e. The quantitative estimate of drug-likeness (QED) is 0.488. The van der Waals surface area contributed by atoms with Gasteiger partial charge in [-0.15, -0.1) is 0 Å². The van der Waals surface area contributed by atoms with Crippen LogP contribution in [0.15, 0.2) is 12.1 Å². The minimum absolute atomic E-state index is 0.0193. The highest BCUT2D eigenvalue weighted by molar-refractivity contribution is 5.97. The van der Waals surface area contributed by atoms with Crippen LogP contribution in [0.3, 0.4) is 0 Å². The molecule has 0 unspecified atom stereocenters. The van der Waals surface area contributed by atoms with E-state index in [1.165, 1.54) is 14.2 Å². The van der Waals surface area contributed by atoms with E-state index in [9.17, 15) is 9.90 Å². The SMILES string of the molecule is CCCCc1cc(C(=O)CC(OC)OC)cc(CCCC)c1O. The molecule has 0 amide bonds. The Labute approximate surface area is 139 Å². The zero-order chi connectivity index (χ0) is 17.2. The van der Waals surface area contributed by atoms with Crippen molar-refractivity contribution in [2.24, 2.45) is 0 Å². The van der Waals surface area contributed by atoms with Crippen molar-refractivity contribution >= 4 is 5.78 Å². The van der Waals surface area contributed by atoms with Crippen molar-refractivity contribution in [2.75, 3.05) is 14.2 Å². The van der Waals surface area contributed by atoms with Crippen molar-refractivity contribution in [1.82, 2.24) is 0 Å². The van der Waals surface area contributed by atoms with Crippen LogP contribution in [0.4, 0.5) is 0 Å². The lowest BCUT2D eigenvalue weighted by molar-refractivity contribution is -0.0993. The molecule has 1 N–H and O–H groups in total. The van der Waals surface area contributed by atoms with Crippen LogP contribution < -0.4 is 0 Å². The van der Waals surface area contributed by atoms with Gasteiger partial charge in [0.25, 0.3) is 0 Å². The first-order chi connectivity index (χ1) is 11.1. The summed E-state index contributed by atoms with van der Waals surface area (Å²) in [5.74, 6) is 0.340. The van der Waals surface area contributed by atoms with E-state index in [0.717, 1.165) is 49.7 Å². The van der Waals surface area contributed by atoms with Gasteiger partial charge in [-0.1, -0.05) is 26.7 Å². The zero-order valence-corrected chi connectivity index (χ0v) is 14.9. The molecule has 0 aliphatic carbocycles. The number of ether oxygens (including phenoxy) is 2. The number of carbonyl (C=O) groups is 1. The minimum atomic E-state index is -0.533. The number of aryl methyl sites for hydroxylation is 2. The van der Waals surface area contributed by atoms with Gasteiger partial charge in [-0.25, -0.2) is 0 Å².